The highest BCUT2D eigenvalue weighted by Crippen LogP contribution is 2.43. The summed E-state index contributed by atoms with van der Waals surface area (Å²) in [6.07, 6.45) is 5.34. The molecule has 4 rings (SSSR count). The second kappa shape index (κ2) is 7.96. The van der Waals surface area contributed by atoms with Crippen molar-refractivity contribution in [2.24, 2.45) is 16.5 Å². The van der Waals surface area contributed by atoms with Crippen molar-refractivity contribution in [1.82, 2.24) is 14.8 Å². The molecule has 1 saturated carbocycles. The Kier molecular flexibility index (Phi) is 5.46. The molecule has 1 amide bonds. The molecule has 8 heteroatoms. The molecule has 3 aromatic rings. The molecule has 0 atom stereocenters. The topological polar surface area (TPSA) is 135 Å². The van der Waals surface area contributed by atoms with Gasteiger partial charge in [-0.2, -0.15) is 10.1 Å². The summed E-state index contributed by atoms with van der Waals surface area (Å²) >= 11 is 0. The molecule has 0 radical (unpaired) electrons. The van der Waals surface area contributed by atoms with Crippen LogP contribution in [-0.2, 0) is 0 Å². The molecule has 0 bridgehead atoms. The van der Waals surface area contributed by atoms with Crippen LogP contribution in [0.3, 0.4) is 0 Å². The monoisotopic (exact) mass is 365 g/mol. The van der Waals surface area contributed by atoms with Crippen LogP contribution in [0.5, 0.6) is 0 Å². The highest BCUT2D eigenvalue weighted by molar-refractivity contribution is 6.03. The van der Waals surface area contributed by atoms with Gasteiger partial charge in [0.1, 0.15) is 0 Å². The van der Waals surface area contributed by atoms with Gasteiger partial charge in [0.25, 0.3) is 5.91 Å². The van der Waals surface area contributed by atoms with Crippen LogP contribution < -0.4 is 16.6 Å². The van der Waals surface area contributed by atoms with E-state index in [1.165, 1.54) is 6.20 Å². The predicted molar refractivity (Wildman–Crippen MR) is 102 cm³/mol. The molecular formula is C19H21N6O2-. The Labute approximate surface area is 156 Å². The Morgan fingerprint density at radius 3 is 2.70 bits per heavy atom. The molecular weight excluding hydrogens is 344 g/mol. The van der Waals surface area contributed by atoms with Crippen molar-refractivity contribution >= 4 is 22.8 Å². The first-order chi connectivity index (χ1) is 13.1. The van der Waals surface area contributed by atoms with Gasteiger partial charge in [-0.3, -0.25) is 9.78 Å². The second-order valence-corrected chi connectivity index (χ2v) is 6.11. The summed E-state index contributed by atoms with van der Waals surface area (Å²) in [5.74, 6) is -0.405. The first-order valence-electron chi connectivity index (χ1n) is 8.70. The summed E-state index contributed by atoms with van der Waals surface area (Å²) in [6.45, 7) is 1.57. The van der Waals surface area contributed by atoms with Gasteiger partial charge < -0.3 is 16.6 Å². The van der Waals surface area contributed by atoms with Crippen molar-refractivity contribution in [3.63, 3.8) is 0 Å². The molecule has 1 fully saturated rings. The third kappa shape index (κ3) is 3.95. The summed E-state index contributed by atoms with van der Waals surface area (Å²) in [5, 5.41) is 14.4. The highest BCUT2D eigenvalue weighted by Gasteiger charge is 2.33. The van der Waals surface area contributed by atoms with Crippen LogP contribution in [0.15, 0.2) is 47.7 Å². The molecule has 140 valence electrons. The molecule has 2 heterocycles. The molecule has 1 aliphatic carbocycles. The smallest absolute Gasteiger partial charge is 0.283 e. The maximum atomic E-state index is 12.3. The predicted octanol–water partition coefficient (Wildman–Crippen LogP) is 1.08. The third-order valence-corrected chi connectivity index (χ3v) is 4.08. The quantitative estimate of drug-likeness (QED) is 0.526. The number of nitrogens with zero attached hydrogens (tertiary/aromatic N) is 4. The second-order valence-electron chi connectivity index (χ2n) is 6.11. The molecule has 1 aromatic carbocycles. The van der Waals surface area contributed by atoms with E-state index in [4.69, 9.17) is 16.6 Å². The van der Waals surface area contributed by atoms with E-state index < -0.39 is 5.91 Å². The van der Waals surface area contributed by atoms with Gasteiger partial charge >= 0.3 is 0 Å². The Balaban J connectivity index is 0.000000659. The molecule has 4 N–H and O–H groups in total. The number of benzene rings is 1. The lowest BCUT2D eigenvalue weighted by Crippen LogP contribution is -2.24. The maximum Gasteiger partial charge on any atom is 0.283 e. The minimum atomic E-state index is -0.457. The van der Waals surface area contributed by atoms with E-state index >= 15 is 0 Å². The zero-order valence-corrected chi connectivity index (χ0v) is 15.0. The van der Waals surface area contributed by atoms with Crippen molar-refractivity contribution in [3.05, 3.63) is 54.0 Å². The molecule has 27 heavy (non-hydrogen) atoms. The number of carbonyl (C=O) groups excluding carboxylic acids is 1. The summed E-state index contributed by atoms with van der Waals surface area (Å²) in [5.41, 5.74) is 13.8. The molecule has 0 aliphatic heterocycles. The first-order valence-corrected chi connectivity index (χ1v) is 8.70. The average Bonchev–Trinajstić information content (AvgIpc) is 3.39. The first kappa shape index (κ1) is 18.5. The number of hydrogen-bond acceptors (Lipinski definition) is 4. The van der Waals surface area contributed by atoms with Crippen LogP contribution in [0, 0.1) is 0 Å². The van der Waals surface area contributed by atoms with E-state index in [1.54, 1.807) is 13.1 Å². The highest BCUT2D eigenvalue weighted by atomic mass is 16.2. The fourth-order valence-electron chi connectivity index (χ4n) is 2.91. The molecule has 8 nitrogen and oxygen atoms in total. The minimum Gasteiger partial charge on any atom is -0.855 e. The number of aliphatic imine (C=N–C) groups is 1. The lowest BCUT2D eigenvalue weighted by atomic mass is 10.1. The third-order valence-electron chi connectivity index (χ3n) is 4.08. The molecule has 0 saturated heterocycles. The van der Waals surface area contributed by atoms with Crippen LogP contribution in [-0.4, -0.2) is 33.2 Å². The van der Waals surface area contributed by atoms with Gasteiger partial charge in [-0.15, -0.1) is 6.61 Å². The van der Waals surface area contributed by atoms with Crippen LogP contribution in [0.4, 0.5) is 0 Å². The Hall–Kier alpha value is -3.26. The van der Waals surface area contributed by atoms with Gasteiger partial charge in [0.15, 0.2) is 5.96 Å². The van der Waals surface area contributed by atoms with Crippen LogP contribution in [0.25, 0.3) is 16.6 Å². The Morgan fingerprint density at radius 2 is 2.04 bits per heavy atom. The number of nitrogens with two attached hydrogens (primary N) is 2. The van der Waals surface area contributed by atoms with Crippen LogP contribution >= 0.6 is 0 Å². The van der Waals surface area contributed by atoms with E-state index in [-0.39, 0.29) is 12.6 Å². The van der Waals surface area contributed by atoms with Gasteiger partial charge in [-0.05, 0) is 37.1 Å². The van der Waals surface area contributed by atoms with Crippen molar-refractivity contribution in [3.8, 4) is 5.69 Å². The zero-order valence-electron chi connectivity index (χ0n) is 15.0. The van der Waals surface area contributed by atoms with E-state index in [0.717, 1.165) is 35.1 Å². The normalized spacial score (nSPS) is 13.0. The van der Waals surface area contributed by atoms with Crippen molar-refractivity contribution < 1.29 is 9.90 Å². The van der Waals surface area contributed by atoms with Gasteiger partial charge in [0.2, 0.25) is 0 Å². The average molecular weight is 365 g/mol. The summed E-state index contributed by atoms with van der Waals surface area (Å²) in [6, 6.07) is 9.73. The number of aromatic nitrogens is 3. The number of pyridine rings is 1. The number of rotatable bonds is 3. The van der Waals surface area contributed by atoms with E-state index in [2.05, 4.69) is 15.1 Å². The fraction of sp³-hybridized carbons (Fsp3) is 0.263. The number of fused-ring (bicyclic) bond motifs is 1. The standard InChI is InChI=1S/C17H16N6O.C2H5O/c18-17(19)22-16(24)12-9-21-23(15(12)10-6-7-10)14-5-1-4-13-11(14)3-2-8-20-13;1-2-3/h1-5,8-10H,6-7H2,(H4,18,19,22,24);2H2,1H3/q;-1. The lowest BCUT2D eigenvalue weighted by molar-refractivity contribution is -0.361. The number of hydrogen-bond donors (Lipinski definition) is 2. The summed E-state index contributed by atoms with van der Waals surface area (Å²) in [4.78, 5) is 20.3. The van der Waals surface area contributed by atoms with Crippen molar-refractivity contribution in [2.45, 2.75) is 25.7 Å². The van der Waals surface area contributed by atoms with Crippen molar-refractivity contribution in [2.75, 3.05) is 6.61 Å². The number of guanidine groups is 1. The lowest BCUT2D eigenvalue weighted by Gasteiger charge is -2.10. The summed E-state index contributed by atoms with van der Waals surface area (Å²) in [7, 11) is 0. The van der Waals surface area contributed by atoms with Crippen molar-refractivity contribution in [1.29, 1.82) is 0 Å². The molecule has 1 aliphatic rings. The van der Waals surface area contributed by atoms with Gasteiger partial charge in [-0.25, -0.2) is 4.68 Å². The SMILES string of the molecule is CC[O-].NC(N)=NC(=O)c1cnn(-c2cccc3ncccc23)c1C1CC1. The Bertz CT molecular complexity index is 982. The molecule has 2 aromatic heterocycles. The van der Waals surface area contributed by atoms with Gasteiger partial charge in [-0.1, -0.05) is 13.0 Å². The van der Waals surface area contributed by atoms with E-state index in [0.29, 0.717) is 11.5 Å². The zero-order chi connectivity index (χ0) is 19.4. The number of amides is 1. The molecule has 0 spiro atoms. The van der Waals surface area contributed by atoms with E-state index in [9.17, 15) is 4.79 Å². The Morgan fingerprint density at radius 1 is 1.30 bits per heavy atom. The van der Waals surface area contributed by atoms with E-state index in [1.807, 2.05) is 35.0 Å². The molecule has 0 unspecified atom stereocenters. The largest absolute Gasteiger partial charge is 0.855 e. The maximum absolute atomic E-state index is 12.3. The minimum absolute atomic E-state index is 0. The fourth-order valence-corrected chi connectivity index (χ4v) is 2.91. The van der Waals surface area contributed by atoms with Crippen LogP contribution in [0.2, 0.25) is 0 Å². The number of carbonyl (C=O) groups is 1. The summed E-state index contributed by atoms with van der Waals surface area (Å²) < 4.78 is 1.82. The van der Waals surface area contributed by atoms with Gasteiger partial charge in [0, 0.05) is 17.5 Å². The van der Waals surface area contributed by atoms with Gasteiger partial charge in [0.05, 0.1) is 28.7 Å². The van der Waals surface area contributed by atoms with Crippen LogP contribution in [0.1, 0.15) is 41.7 Å².